The molecule has 20 rings (SSSR count). The van der Waals surface area contributed by atoms with Gasteiger partial charge in [0, 0.05) is 154 Å². The molecule has 113 heavy (non-hydrogen) atoms. The number of nitrogens with one attached hydrogen (secondary N) is 6. The maximum atomic E-state index is 13.7. The number of pyridine rings is 6. The van der Waals surface area contributed by atoms with Crippen LogP contribution < -0.4 is 41.7 Å². The summed E-state index contributed by atoms with van der Waals surface area (Å²) in [6.45, 7) is 8.73. The summed E-state index contributed by atoms with van der Waals surface area (Å²) in [5.74, 6) is 3.98. The van der Waals surface area contributed by atoms with E-state index in [0.29, 0.717) is 106 Å². The first-order chi connectivity index (χ1) is 54.9. The van der Waals surface area contributed by atoms with Crippen LogP contribution >= 0.6 is 0 Å². The summed E-state index contributed by atoms with van der Waals surface area (Å²) in [4.78, 5) is 78.3. The number of anilines is 8. The highest BCUT2D eigenvalue weighted by molar-refractivity contribution is 6.08. The third-order valence-corrected chi connectivity index (χ3v) is 23.3. The van der Waals surface area contributed by atoms with Gasteiger partial charge in [0.2, 0.25) is 0 Å². The number of nitrogens with zero attached hydrogens (tertiary/aromatic N) is 14. The van der Waals surface area contributed by atoms with Gasteiger partial charge in [0.05, 0.1) is 88.3 Å². The molecule has 2 atom stereocenters. The molecule has 25 nitrogen and oxygen atoms in total. The van der Waals surface area contributed by atoms with Crippen LogP contribution in [0.25, 0.3) is 50.7 Å². The van der Waals surface area contributed by atoms with E-state index in [-0.39, 0.29) is 35.2 Å². The number of imidazole rings is 3. The molecular weight excluding hydrogens is 1440 g/mol. The van der Waals surface area contributed by atoms with Gasteiger partial charge in [-0.3, -0.25) is 27.6 Å². The second kappa shape index (κ2) is 30.0. The summed E-state index contributed by atoms with van der Waals surface area (Å²) in [6, 6.07) is 33.6. The van der Waals surface area contributed by atoms with Crippen LogP contribution in [0.15, 0.2) is 146 Å². The minimum absolute atomic E-state index is 0.121. The Hall–Kier alpha value is -11.8. The van der Waals surface area contributed by atoms with Gasteiger partial charge in [-0.1, -0.05) is 42.8 Å². The monoisotopic (exact) mass is 1520 g/mol. The molecule has 6 N–H and O–H groups in total. The Morgan fingerprint density at radius 3 is 1.16 bits per heavy atom. The average Bonchev–Trinajstić information content (AvgIpc) is 1.61. The summed E-state index contributed by atoms with van der Waals surface area (Å²) in [5.41, 5.74) is 18.1. The van der Waals surface area contributed by atoms with Gasteiger partial charge >= 0.3 is 0 Å². The van der Waals surface area contributed by atoms with Crippen molar-refractivity contribution in [1.29, 1.82) is 0 Å². The molecule has 0 spiro atoms. The predicted molar refractivity (Wildman–Crippen MR) is 428 cm³/mol. The third-order valence-electron chi connectivity index (χ3n) is 23.3. The number of fused-ring (bicyclic) bond motifs is 6. The van der Waals surface area contributed by atoms with E-state index in [4.69, 9.17) is 24.4 Å². The summed E-state index contributed by atoms with van der Waals surface area (Å²) < 4.78 is 57.9. The molecule has 3 amide bonds. The number of amides is 3. The highest BCUT2D eigenvalue weighted by Crippen LogP contribution is 2.44. The van der Waals surface area contributed by atoms with Crippen LogP contribution in [0.4, 0.5) is 59.3 Å². The molecule has 9 aromatic heterocycles. The number of hydrogen-bond acceptors (Lipinski definition) is 19. The van der Waals surface area contributed by atoms with Crippen molar-refractivity contribution in [3.8, 4) is 33.8 Å². The molecule has 4 saturated heterocycles. The lowest BCUT2D eigenvalue weighted by Crippen LogP contribution is -2.58. The van der Waals surface area contributed by atoms with Crippen molar-refractivity contribution < 1.29 is 37.0 Å². The predicted octanol–water partition coefficient (Wildman–Crippen LogP) is 12.4. The highest BCUT2D eigenvalue weighted by Gasteiger charge is 2.38. The number of carbonyl (C=O) groups excluding carboxylic acids is 3. The van der Waals surface area contributed by atoms with Crippen molar-refractivity contribution in [1.82, 2.24) is 73.8 Å². The summed E-state index contributed by atoms with van der Waals surface area (Å²) >= 11 is 0. The van der Waals surface area contributed by atoms with Crippen LogP contribution in [-0.4, -0.2) is 183 Å². The third kappa shape index (κ3) is 13.9. The van der Waals surface area contributed by atoms with E-state index in [9.17, 15) is 27.6 Å². The van der Waals surface area contributed by atoms with E-state index in [1.54, 1.807) is 37.2 Å². The molecule has 0 bridgehead atoms. The number of carbonyl (C=O) groups is 3. The van der Waals surface area contributed by atoms with Gasteiger partial charge in [0.1, 0.15) is 63.5 Å². The second-order valence-corrected chi connectivity index (χ2v) is 31.1. The molecule has 5 fully saturated rings. The minimum atomic E-state index is -0.338. The Kier molecular flexibility index (Phi) is 19.3. The summed E-state index contributed by atoms with van der Waals surface area (Å²) in [6.07, 6.45) is 15.9. The Balaban J connectivity index is 0.000000118. The van der Waals surface area contributed by atoms with Gasteiger partial charge in [-0.2, -0.15) is 0 Å². The number of ether oxygens (including phenoxy) is 2. The summed E-state index contributed by atoms with van der Waals surface area (Å²) in [5, 5.41) is 19.2. The van der Waals surface area contributed by atoms with Gasteiger partial charge in [-0.25, -0.2) is 43.1 Å². The fourth-order valence-corrected chi connectivity index (χ4v) is 16.7. The van der Waals surface area contributed by atoms with Crippen molar-refractivity contribution in [2.75, 3.05) is 121 Å². The van der Waals surface area contributed by atoms with Gasteiger partial charge in [0.15, 0.2) is 0 Å². The Labute approximate surface area is 650 Å². The normalized spacial score (nSPS) is 17.9. The SMILES string of the molecule is CN(C)C1CN(c2nc(Nc3ccc(-c4cnc5cc(F)ccn45)c4c3C(=O)NC4)ccc2[C@@H]2CCOC2)C1.CN(C)C1CN(c2nc(Nc3ccc(-c4cnc5cc(F)ccn45)c4c3C(=O)NC4)ccc2[C@H]2CCOC2)C1.CN(C)Cc1nc(Nc2ccc(-c3cnc4cc(F)ccn34)c3c2C(=O)NC3)ccc1C1CCC1. The minimum Gasteiger partial charge on any atom is -0.381 e. The molecule has 0 unspecified atom stereocenters. The van der Waals surface area contributed by atoms with Crippen molar-refractivity contribution in [2.45, 2.75) is 88.1 Å². The van der Waals surface area contributed by atoms with Gasteiger partial charge in [-0.15, -0.1) is 0 Å². The number of benzene rings is 3. The number of likely N-dealkylation sites (N-methyl/N-ethyl adjacent to an activating group) is 2. The molecule has 8 aliphatic rings. The van der Waals surface area contributed by atoms with E-state index in [0.717, 1.165) is 151 Å². The van der Waals surface area contributed by atoms with Crippen molar-refractivity contribution in [3.05, 3.63) is 220 Å². The van der Waals surface area contributed by atoms with E-state index in [2.05, 4.69) is 132 Å². The standard InChI is InChI=1S/2C29H30FN7O2.C27H27FN6O/c2*1-35(2)19-14-36(15-19)28-20(17-8-10-39-16-17)4-6-25(34-28)33-23-5-3-21(22-12-32-29(38)27(22)23)24-13-31-26-11-18(30)7-9-37(24)26;1-33(2)15-22-18(16-4-3-5-16)7-9-24(32-22)31-21-8-6-19(20-13-30-27(35)26(20)21)23-14-29-25-12-17(28)10-11-34(23)25/h2*3-7,9,11,13,17,19H,8,10,12,14-16H2,1-2H3,(H,32,38)(H,33,34);6-12,14,16H,3-5,13,15H2,1-2H3,(H,30,35)(H,31,32)/t2*17-;/m10./s1. The lowest BCUT2D eigenvalue weighted by molar-refractivity contribution is 0.0958. The lowest BCUT2D eigenvalue weighted by atomic mass is 9.79. The number of aromatic nitrogens is 9. The molecule has 1 saturated carbocycles. The molecule has 28 heteroatoms. The zero-order valence-corrected chi connectivity index (χ0v) is 63.7. The lowest BCUT2D eigenvalue weighted by Gasteiger charge is -2.44. The molecule has 578 valence electrons. The average molecular weight is 1530 g/mol. The van der Waals surface area contributed by atoms with Crippen molar-refractivity contribution in [3.63, 3.8) is 0 Å². The first-order valence-corrected chi connectivity index (χ1v) is 38.6. The molecule has 1 aliphatic carbocycles. The zero-order valence-electron chi connectivity index (χ0n) is 63.7. The summed E-state index contributed by atoms with van der Waals surface area (Å²) in [7, 11) is 12.5. The molecule has 3 aromatic carbocycles. The Morgan fingerprint density at radius 2 is 0.823 bits per heavy atom. The molecule has 0 radical (unpaired) electrons. The largest absolute Gasteiger partial charge is 0.381 e. The number of hydrogen-bond donors (Lipinski definition) is 6. The number of rotatable bonds is 18. The second-order valence-electron chi connectivity index (χ2n) is 31.1. The van der Waals surface area contributed by atoms with E-state index in [1.165, 1.54) is 72.4 Å². The topological polar surface area (TPSA) is 249 Å². The Morgan fingerprint density at radius 1 is 0.451 bits per heavy atom. The molecule has 16 heterocycles. The smallest absolute Gasteiger partial charge is 0.254 e. The van der Waals surface area contributed by atoms with Gasteiger partial charge in [-0.05, 0) is 151 Å². The van der Waals surface area contributed by atoms with Crippen LogP contribution in [0, 0.1) is 17.5 Å². The molecular formula is C85H87F3N20O5. The highest BCUT2D eigenvalue weighted by atomic mass is 19.1. The first kappa shape index (κ1) is 72.7. The van der Waals surface area contributed by atoms with E-state index in [1.807, 2.05) is 67.8 Å². The molecule has 12 aromatic rings. The van der Waals surface area contributed by atoms with E-state index < -0.39 is 0 Å². The number of halogens is 3. The maximum Gasteiger partial charge on any atom is 0.254 e. The quantitative estimate of drug-likeness (QED) is 0.0467. The van der Waals surface area contributed by atoms with Crippen LogP contribution in [-0.2, 0) is 35.7 Å². The van der Waals surface area contributed by atoms with Gasteiger partial charge in [0.25, 0.3) is 17.7 Å². The fourth-order valence-electron chi connectivity index (χ4n) is 16.7. The van der Waals surface area contributed by atoms with E-state index >= 15 is 0 Å². The fraction of sp³-hybridized carbons (Fsp3) is 0.329. The van der Waals surface area contributed by atoms with Crippen molar-refractivity contribution in [2.24, 2.45) is 0 Å². The van der Waals surface area contributed by atoms with Crippen LogP contribution in [0.5, 0.6) is 0 Å². The molecule has 7 aliphatic heterocycles. The van der Waals surface area contributed by atoms with Crippen LogP contribution in [0.2, 0.25) is 0 Å². The van der Waals surface area contributed by atoms with Crippen molar-refractivity contribution >= 4 is 80.8 Å². The van der Waals surface area contributed by atoms with Gasteiger partial charge < -0.3 is 65.9 Å². The Bertz CT molecular complexity index is 5500. The maximum absolute atomic E-state index is 13.7. The first-order valence-electron chi connectivity index (χ1n) is 38.6. The van der Waals surface area contributed by atoms with Crippen LogP contribution in [0.1, 0.15) is 120 Å². The van der Waals surface area contributed by atoms with Crippen LogP contribution in [0.3, 0.4) is 0 Å². The zero-order chi connectivity index (χ0) is 77.4.